The van der Waals surface area contributed by atoms with Crippen LogP contribution in [0.2, 0.25) is 0 Å². The second-order valence-electron chi connectivity index (χ2n) is 5.49. The largest absolute Gasteiger partial charge is 0.384 e. The third kappa shape index (κ3) is 2.12. The highest BCUT2D eigenvalue weighted by Crippen LogP contribution is 2.44. The van der Waals surface area contributed by atoms with E-state index in [4.69, 9.17) is 0 Å². The molecular formula is C13H17FN2O2S. The molecule has 2 heterocycles. The van der Waals surface area contributed by atoms with Gasteiger partial charge in [0.05, 0.1) is 6.26 Å². The number of sulfonamides is 1. The Hall–Kier alpha value is -1.14. The SMILES string of the molecule is CS(=O)(=O)N1CCC2(CC1)CNc1ccc(F)cc12. The van der Waals surface area contributed by atoms with Gasteiger partial charge in [-0.25, -0.2) is 17.1 Å². The minimum atomic E-state index is -3.12. The number of nitrogens with one attached hydrogen (secondary N) is 1. The van der Waals surface area contributed by atoms with Crippen molar-refractivity contribution in [2.24, 2.45) is 0 Å². The Morgan fingerprint density at radius 1 is 1.32 bits per heavy atom. The van der Waals surface area contributed by atoms with E-state index in [0.29, 0.717) is 13.1 Å². The molecule has 1 aromatic rings. The van der Waals surface area contributed by atoms with Gasteiger partial charge in [0.1, 0.15) is 5.82 Å². The number of fused-ring (bicyclic) bond motifs is 2. The average molecular weight is 284 g/mol. The zero-order valence-corrected chi connectivity index (χ0v) is 11.6. The van der Waals surface area contributed by atoms with Crippen LogP contribution in [0, 0.1) is 5.82 Å². The highest BCUT2D eigenvalue weighted by Gasteiger charge is 2.42. The van der Waals surface area contributed by atoms with Crippen molar-refractivity contribution in [3.8, 4) is 0 Å². The standard InChI is InChI=1S/C13H17FN2O2S/c1-19(17,18)16-6-4-13(5-7-16)9-15-12-3-2-10(14)8-11(12)13/h2-3,8,15H,4-7,9H2,1H3. The van der Waals surface area contributed by atoms with E-state index < -0.39 is 10.0 Å². The van der Waals surface area contributed by atoms with Crippen molar-refractivity contribution >= 4 is 15.7 Å². The van der Waals surface area contributed by atoms with E-state index in [1.807, 2.05) is 0 Å². The van der Waals surface area contributed by atoms with Crippen molar-refractivity contribution in [3.05, 3.63) is 29.6 Å². The summed E-state index contributed by atoms with van der Waals surface area (Å²) in [5.41, 5.74) is 1.87. The van der Waals surface area contributed by atoms with Crippen molar-refractivity contribution < 1.29 is 12.8 Å². The molecule has 3 rings (SSSR count). The lowest BCUT2D eigenvalue weighted by molar-refractivity contribution is 0.250. The van der Waals surface area contributed by atoms with Crippen LogP contribution >= 0.6 is 0 Å². The van der Waals surface area contributed by atoms with Gasteiger partial charge in [-0.3, -0.25) is 0 Å². The molecule has 1 fully saturated rings. The van der Waals surface area contributed by atoms with Gasteiger partial charge in [0.2, 0.25) is 10.0 Å². The Balaban J connectivity index is 1.88. The summed E-state index contributed by atoms with van der Waals surface area (Å²) in [5, 5.41) is 3.31. The molecule has 0 aromatic heterocycles. The lowest BCUT2D eigenvalue weighted by atomic mass is 9.75. The second kappa shape index (κ2) is 4.18. The molecule has 0 amide bonds. The molecule has 1 saturated heterocycles. The number of hydrogen-bond donors (Lipinski definition) is 1. The summed E-state index contributed by atoms with van der Waals surface area (Å²) in [4.78, 5) is 0. The minimum Gasteiger partial charge on any atom is -0.384 e. The fraction of sp³-hybridized carbons (Fsp3) is 0.538. The molecule has 1 N–H and O–H groups in total. The van der Waals surface area contributed by atoms with E-state index >= 15 is 0 Å². The predicted molar refractivity (Wildman–Crippen MR) is 72.2 cm³/mol. The zero-order valence-electron chi connectivity index (χ0n) is 10.8. The maximum atomic E-state index is 13.4. The Labute approximate surface area is 112 Å². The van der Waals surface area contributed by atoms with E-state index in [1.165, 1.54) is 16.6 Å². The number of nitrogens with zero attached hydrogens (tertiary/aromatic N) is 1. The Kier molecular flexibility index (Phi) is 2.83. The Morgan fingerprint density at radius 3 is 2.63 bits per heavy atom. The first-order chi connectivity index (χ1) is 8.91. The molecule has 4 nitrogen and oxygen atoms in total. The predicted octanol–water partition coefficient (Wildman–Crippen LogP) is 1.54. The first-order valence-corrected chi connectivity index (χ1v) is 8.25. The van der Waals surface area contributed by atoms with Gasteiger partial charge in [0, 0.05) is 30.7 Å². The van der Waals surface area contributed by atoms with Crippen molar-refractivity contribution in [2.45, 2.75) is 18.3 Å². The monoisotopic (exact) mass is 284 g/mol. The molecule has 2 aliphatic heterocycles. The lowest BCUT2D eigenvalue weighted by Gasteiger charge is -2.38. The number of halogens is 1. The minimum absolute atomic E-state index is 0.112. The normalized spacial score (nSPS) is 22.2. The maximum Gasteiger partial charge on any atom is 0.211 e. The Bertz CT molecular complexity index is 607. The number of benzene rings is 1. The third-order valence-corrected chi connectivity index (χ3v) is 5.62. The van der Waals surface area contributed by atoms with Crippen LogP contribution < -0.4 is 5.32 Å². The molecular weight excluding hydrogens is 267 g/mol. The molecule has 0 bridgehead atoms. The third-order valence-electron chi connectivity index (χ3n) is 4.32. The van der Waals surface area contributed by atoms with Gasteiger partial charge in [-0.05, 0) is 36.6 Å². The van der Waals surface area contributed by atoms with Crippen LogP contribution in [0.3, 0.4) is 0 Å². The average Bonchev–Trinajstić information content (AvgIpc) is 2.68. The second-order valence-corrected chi connectivity index (χ2v) is 7.47. The fourth-order valence-electron chi connectivity index (χ4n) is 3.16. The lowest BCUT2D eigenvalue weighted by Crippen LogP contribution is -2.45. The molecule has 0 radical (unpaired) electrons. The first kappa shape index (κ1) is 12.9. The van der Waals surface area contributed by atoms with E-state index in [9.17, 15) is 12.8 Å². The molecule has 19 heavy (non-hydrogen) atoms. The molecule has 0 unspecified atom stereocenters. The molecule has 2 aliphatic rings. The number of rotatable bonds is 1. The van der Waals surface area contributed by atoms with Crippen molar-refractivity contribution in [2.75, 3.05) is 31.2 Å². The van der Waals surface area contributed by atoms with Crippen LogP contribution in [0.1, 0.15) is 18.4 Å². The summed E-state index contributed by atoms with van der Waals surface area (Å²) in [6, 6.07) is 4.81. The number of hydrogen-bond acceptors (Lipinski definition) is 3. The van der Waals surface area contributed by atoms with E-state index in [1.54, 1.807) is 12.1 Å². The molecule has 0 atom stereocenters. The summed E-state index contributed by atoms with van der Waals surface area (Å²) in [6.45, 7) is 1.79. The summed E-state index contributed by atoms with van der Waals surface area (Å²) in [5.74, 6) is -0.229. The fourth-order valence-corrected chi connectivity index (χ4v) is 4.01. The van der Waals surface area contributed by atoms with Crippen molar-refractivity contribution in [1.29, 1.82) is 0 Å². The Morgan fingerprint density at radius 2 is 2.00 bits per heavy atom. The maximum absolute atomic E-state index is 13.4. The zero-order chi connectivity index (χ0) is 13.7. The summed E-state index contributed by atoms with van der Waals surface area (Å²) < 4.78 is 38.0. The van der Waals surface area contributed by atoms with Crippen molar-refractivity contribution in [3.63, 3.8) is 0 Å². The van der Waals surface area contributed by atoms with Crippen molar-refractivity contribution in [1.82, 2.24) is 4.31 Å². The van der Waals surface area contributed by atoms with Crippen LogP contribution in [0.15, 0.2) is 18.2 Å². The van der Waals surface area contributed by atoms with Crippen LogP contribution in [0.4, 0.5) is 10.1 Å². The highest BCUT2D eigenvalue weighted by molar-refractivity contribution is 7.88. The quantitative estimate of drug-likeness (QED) is 0.851. The first-order valence-electron chi connectivity index (χ1n) is 6.40. The summed E-state index contributed by atoms with van der Waals surface area (Å²) in [6.07, 6.45) is 2.72. The van der Waals surface area contributed by atoms with Crippen LogP contribution in [-0.4, -0.2) is 38.6 Å². The van der Waals surface area contributed by atoms with Crippen LogP contribution in [-0.2, 0) is 15.4 Å². The number of anilines is 1. The van der Waals surface area contributed by atoms with E-state index in [0.717, 1.165) is 30.6 Å². The van der Waals surface area contributed by atoms with Gasteiger partial charge >= 0.3 is 0 Å². The molecule has 6 heteroatoms. The molecule has 0 saturated carbocycles. The highest BCUT2D eigenvalue weighted by atomic mass is 32.2. The molecule has 1 spiro atoms. The van der Waals surface area contributed by atoms with E-state index in [-0.39, 0.29) is 11.2 Å². The molecule has 104 valence electrons. The van der Waals surface area contributed by atoms with E-state index in [2.05, 4.69) is 5.32 Å². The van der Waals surface area contributed by atoms with Crippen LogP contribution in [0.5, 0.6) is 0 Å². The van der Waals surface area contributed by atoms with Gasteiger partial charge in [-0.1, -0.05) is 0 Å². The topological polar surface area (TPSA) is 49.4 Å². The van der Waals surface area contributed by atoms with Gasteiger partial charge in [0.25, 0.3) is 0 Å². The molecule has 1 aromatic carbocycles. The number of piperidine rings is 1. The van der Waals surface area contributed by atoms with Gasteiger partial charge in [-0.2, -0.15) is 0 Å². The summed E-state index contributed by atoms with van der Waals surface area (Å²) in [7, 11) is -3.12. The smallest absolute Gasteiger partial charge is 0.211 e. The van der Waals surface area contributed by atoms with Gasteiger partial charge < -0.3 is 5.32 Å². The molecule has 0 aliphatic carbocycles. The van der Waals surface area contributed by atoms with Gasteiger partial charge in [-0.15, -0.1) is 0 Å². The van der Waals surface area contributed by atoms with Gasteiger partial charge in [0.15, 0.2) is 0 Å². The summed E-state index contributed by atoms with van der Waals surface area (Å²) >= 11 is 0. The van der Waals surface area contributed by atoms with Crippen LogP contribution in [0.25, 0.3) is 0 Å².